The van der Waals surface area contributed by atoms with Gasteiger partial charge in [0.2, 0.25) is 11.9 Å². The highest BCUT2D eigenvalue weighted by molar-refractivity contribution is 5.79. The lowest BCUT2D eigenvalue weighted by molar-refractivity contribution is -0.137. The van der Waals surface area contributed by atoms with Crippen molar-refractivity contribution in [3.05, 3.63) is 41.1 Å². The van der Waals surface area contributed by atoms with E-state index in [1.54, 1.807) is 46.8 Å². The third kappa shape index (κ3) is 4.17. The molecule has 2 aliphatic rings. The molecular weight excluding hydrogens is 422 g/mol. The fourth-order valence-electron chi connectivity index (χ4n) is 5.13. The van der Waals surface area contributed by atoms with E-state index < -0.39 is 0 Å². The molecule has 10 heteroatoms. The van der Waals surface area contributed by atoms with Crippen LogP contribution in [0.4, 0.5) is 5.95 Å². The van der Waals surface area contributed by atoms with Gasteiger partial charge in [0.1, 0.15) is 0 Å². The molecule has 3 aromatic heterocycles. The van der Waals surface area contributed by atoms with Crippen LogP contribution in [-0.4, -0.2) is 66.2 Å². The minimum atomic E-state index is -0.0958. The zero-order chi connectivity index (χ0) is 22.9. The maximum Gasteiger partial charge on any atom is 0.358 e. The second kappa shape index (κ2) is 8.84. The van der Waals surface area contributed by atoms with Crippen LogP contribution in [0.15, 0.2) is 35.4 Å². The first-order valence-electron chi connectivity index (χ1n) is 11.6. The van der Waals surface area contributed by atoms with Crippen LogP contribution in [-0.2, 0) is 18.4 Å². The Kier molecular flexibility index (Phi) is 5.74. The Labute approximate surface area is 191 Å². The second-order valence-corrected chi connectivity index (χ2v) is 9.07. The van der Waals surface area contributed by atoms with Gasteiger partial charge in [-0.05, 0) is 43.7 Å². The third-order valence-electron chi connectivity index (χ3n) is 7.05. The Morgan fingerprint density at radius 3 is 2.45 bits per heavy atom. The van der Waals surface area contributed by atoms with E-state index in [4.69, 9.17) is 5.11 Å². The van der Waals surface area contributed by atoms with Crippen LogP contribution in [0, 0.1) is 11.8 Å². The number of anilines is 1. The lowest BCUT2D eigenvalue weighted by Gasteiger charge is -2.37. The molecule has 0 unspecified atom stereocenters. The molecular formula is C23H30N7O3+. The van der Waals surface area contributed by atoms with E-state index in [1.807, 2.05) is 4.90 Å². The first-order valence-corrected chi connectivity index (χ1v) is 11.6. The first-order chi connectivity index (χ1) is 16.0. The maximum atomic E-state index is 13.1. The summed E-state index contributed by atoms with van der Waals surface area (Å²) < 4.78 is 3.29. The van der Waals surface area contributed by atoms with E-state index in [0.29, 0.717) is 31.2 Å². The number of rotatable bonds is 4. The molecule has 5 rings (SSSR count). The number of carbonyl (C=O) groups excluding carboxylic acids is 1. The quantitative estimate of drug-likeness (QED) is 0.549. The summed E-state index contributed by atoms with van der Waals surface area (Å²) >= 11 is 0. The van der Waals surface area contributed by atoms with Crippen LogP contribution in [0.2, 0.25) is 0 Å². The van der Waals surface area contributed by atoms with E-state index in [-0.39, 0.29) is 23.4 Å². The summed E-state index contributed by atoms with van der Waals surface area (Å²) in [5.41, 5.74) is 1.23. The van der Waals surface area contributed by atoms with E-state index in [2.05, 4.69) is 19.9 Å². The Balaban J connectivity index is 1.17. The summed E-state index contributed by atoms with van der Waals surface area (Å²) in [4.78, 5) is 42.9. The third-order valence-corrected chi connectivity index (χ3v) is 7.05. The van der Waals surface area contributed by atoms with Crippen molar-refractivity contribution in [2.45, 2.75) is 32.2 Å². The minimum Gasteiger partial charge on any atom is -0.579 e. The van der Waals surface area contributed by atoms with Gasteiger partial charge in [0, 0.05) is 58.1 Å². The Bertz CT molecular complexity index is 1190. The number of hydrogen-bond donors (Lipinski definition) is 0. The van der Waals surface area contributed by atoms with Crippen LogP contribution in [0.25, 0.3) is 11.2 Å². The van der Waals surface area contributed by atoms with Crippen molar-refractivity contribution in [3.63, 3.8) is 0 Å². The molecule has 4 heterocycles. The lowest BCUT2D eigenvalue weighted by Crippen LogP contribution is -2.51. The van der Waals surface area contributed by atoms with E-state index in [9.17, 15) is 9.59 Å². The summed E-state index contributed by atoms with van der Waals surface area (Å²) in [6.07, 6.45) is 7.01. The summed E-state index contributed by atoms with van der Waals surface area (Å²) in [6, 6.07) is 5.19. The maximum absolute atomic E-state index is 13.1. The zero-order valence-electron chi connectivity index (χ0n) is 18.9. The molecule has 33 heavy (non-hydrogen) atoms. The smallest absolute Gasteiger partial charge is 0.358 e. The monoisotopic (exact) mass is 452 g/mol. The van der Waals surface area contributed by atoms with Crippen LogP contribution in [0.5, 0.6) is 5.88 Å². The number of piperazine rings is 1. The number of amides is 1. The molecule has 0 aromatic carbocycles. The van der Waals surface area contributed by atoms with Crippen molar-refractivity contribution in [3.8, 4) is 5.88 Å². The molecule has 1 aliphatic heterocycles. The van der Waals surface area contributed by atoms with Crippen molar-refractivity contribution >= 4 is 23.0 Å². The molecule has 2 fully saturated rings. The summed E-state index contributed by atoms with van der Waals surface area (Å²) in [5.74, 6) is 1.53. The highest BCUT2D eigenvalue weighted by atomic mass is 16.3. The van der Waals surface area contributed by atoms with Crippen LogP contribution in [0.1, 0.15) is 25.7 Å². The summed E-state index contributed by atoms with van der Waals surface area (Å²) in [6.45, 7) is 3.48. The van der Waals surface area contributed by atoms with Crippen LogP contribution < -0.4 is 10.6 Å². The summed E-state index contributed by atoms with van der Waals surface area (Å²) in [5, 5.41) is 7.82. The Hall–Kier alpha value is -3.43. The second-order valence-electron chi connectivity index (χ2n) is 9.07. The SMILES string of the molecule is Cn1c(=O)n(CC2CCC(C(=O)N3CCN(c4ncccn4)CC3)CC2)c2nc([OH2+])ccc21. The largest absolute Gasteiger partial charge is 0.579 e. The number of pyridine rings is 1. The van der Waals surface area contributed by atoms with E-state index >= 15 is 0 Å². The number of hydrogen-bond acceptors (Lipinski definition) is 6. The van der Waals surface area contributed by atoms with Crippen molar-refractivity contribution in [2.75, 3.05) is 31.1 Å². The lowest BCUT2D eigenvalue weighted by atomic mass is 9.81. The van der Waals surface area contributed by atoms with Gasteiger partial charge in [0.25, 0.3) is 0 Å². The summed E-state index contributed by atoms with van der Waals surface area (Å²) in [7, 11) is 1.74. The van der Waals surface area contributed by atoms with E-state index in [0.717, 1.165) is 50.2 Å². The Morgan fingerprint density at radius 1 is 1.06 bits per heavy atom. The molecule has 2 N–H and O–H groups in total. The van der Waals surface area contributed by atoms with Gasteiger partial charge in [0.05, 0.1) is 11.6 Å². The normalized spacial score (nSPS) is 21.5. The standard InChI is InChI=1S/C23H29N7O3/c1-27-18-7-8-19(31)26-20(18)30(23(27)33)15-16-3-5-17(6-4-16)21(32)28-11-13-29(14-12-28)22-24-9-2-10-25-22/h2,7-10,16-17H,3-6,11-15H2,1H3,(H,26,31)/p+1. The van der Waals surface area contributed by atoms with Crippen molar-refractivity contribution in [1.29, 1.82) is 0 Å². The number of imidazole rings is 1. The minimum absolute atomic E-state index is 0.0583. The van der Waals surface area contributed by atoms with Gasteiger partial charge in [-0.25, -0.2) is 14.8 Å². The molecule has 0 spiro atoms. The predicted octanol–water partition coefficient (Wildman–Crippen LogP) is 1.12. The average Bonchev–Trinajstić information content (AvgIpc) is 3.09. The molecule has 0 atom stereocenters. The molecule has 1 saturated heterocycles. The Morgan fingerprint density at radius 2 is 1.76 bits per heavy atom. The number of aryl methyl sites for hydroxylation is 1. The number of fused-ring (bicyclic) bond motifs is 1. The molecule has 0 bridgehead atoms. The van der Waals surface area contributed by atoms with E-state index in [1.165, 1.54) is 0 Å². The van der Waals surface area contributed by atoms with Gasteiger partial charge in [-0.3, -0.25) is 13.9 Å². The molecule has 1 saturated carbocycles. The molecule has 1 aliphatic carbocycles. The number of nitrogens with zero attached hydrogens (tertiary/aromatic N) is 7. The van der Waals surface area contributed by atoms with Crippen molar-refractivity contribution in [2.24, 2.45) is 18.9 Å². The highest BCUT2D eigenvalue weighted by Crippen LogP contribution is 2.32. The topological polar surface area (TPSA) is 112 Å². The fourth-order valence-corrected chi connectivity index (χ4v) is 5.13. The molecule has 3 aromatic rings. The number of carbonyl (C=O) groups is 1. The van der Waals surface area contributed by atoms with Gasteiger partial charge < -0.3 is 14.9 Å². The highest BCUT2D eigenvalue weighted by Gasteiger charge is 2.32. The van der Waals surface area contributed by atoms with Crippen molar-refractivity contribution < 1.29 is 9.90 Å². The molecule has 1 amide bonds. The first kappa shape index (κ1) is 21.4. The van der Waals surface area contributed by atoms with Gasteiger partial charge in [-0.15, -0.1) is 4.98 Å². The van der Waals surface area contributed by atoms with Gasteiger partial charge >= 0.3 is 11.6 Å². The molecule has 10 nitrogen and oxygen atoms in total. The van der Waals surface area contributed by atoms with Crippen LogP contribution >= 0.6 is 0 Å². The average molecular weight is 453 g/mol. The molecule has 0 radical (unpaired) electrons. The fraction of sp³-hybridized carbons (Fsp3) is 0.522. The van der Waals surface area contributed by atoms with Crippen LogP contribution in [0.3, 0.4) is 0 Å². The van der Waals surface area contributed by atoms with Crippen molar-refractivity contribution in [1.82, 2.24) is 29.0 Å². The van der Waals surface area contributed by atoms with Gasteiger partial charge in [0.15, 0.2) is 5.65 Å². The number of aromatic nitrogens is 5. The van der Waals surface area contributed by atoms with Gasteiger partial charge in [-0.2, -0.15) is 0 Å². The molecule has 174 valence electrons. The zero-order valence-corrected chi connectivity index (χ0v) is 18.9. The predicted molar refractivity (Wildman–Crippen MR) is 124 cm³/mol. The van der Waals surface area contributed by atoms with Gasteiger partial charge in [-0.1, -0.05) is 0 Å².